The van der Waals surface area contributed by atoms with E-state index < -0.39 is 5.63 Å². The van der Waals surface area contributed by atoms with Gasteiger partial charge in [0, 0.05) is 5.39 Å². The van der Waals surface area contributed by atoms with E-state index in [-0.39, 0.29) is 11.6 Å². The molecule has 0 N–H and O–H groups in total. The summed E-state index contributed by atoms with van der Waals surface area (Å²) in [7, 11) is 0. The number of carbonyl (C=O) groups is 1. The number of halogens is 1. The van der Waals surface area contributed by atoms with Gasteiger partial charge in [0.25, 0.3) is 0 Å². The predicted octanol–water partition coefficient (Wildman–Crippen LogP) is 6.24. The Morgan fingerprint density at radius 2 is 1.65 bits per heavy atom. The van der Waals surface area contributed by atoms with Crippen LogP contribution in [0.5, 0.6) is 0 Å². The topological polar surface area (TPSA) is 56.5 Å². The van der Waals surface area contributed by atoms with Crippen molar-refractivity contribution in [2.24, 2.45) is 17.8 Å². The second kappa shape index (κ2) is 6.96. The molecule has 4 fully saturated rings. The summed E-state index contributed by atoms with van der Waals surface area (Å²) in [6.45, 7) is 0. The lowest BCUT2D eigenvalue weighted by Crippen LogP contribution is -2.52. The van der Waals surface area contributed by atoms with Gasteiger partial charge in [-0.1, -0.05) is 35.9 Å². The van der Waals surface area contributed by atoms with E-state index in [4.69, 9.17) is 20.8 Å². The predicted molar refractivity (Wildman–Crippen MR) is 119 cm³/mol. The molecule has 4 nitrogen and oxygen atoms in total. The molecule has 7 rings (SSSR count). The molecular weight excluding hydrogens is 412 g/mol. The smallest absolute Gasteiger partial charge is 0.344 e. The first-order valence-corrected chi connectivity index (χ1v) is 11.4. The van der Waals surface area contributed by atoms with Crippen molar-refractivity contribution in [2.75, 3.05) is 0 Å². The van der Waals surface area contributed by atoms with Crippen molar-refractivity contribution in [1.29, 1.82) is 0 Å². The van der Waals surface area contributed by atoms with Crippen molar-refractivity contribution in [2.45, 2.75) is 44.1 Å². The van der Waals surface area contributed by atoms with E-state index in [1.54, 1.807) is 30.3 Å². The number of para-hydroxylation sites is 1. The summed E-state index contributed by atoms with van der Waals surface area (Å²) in [5.74, 6) is 1.74. The molecule has 2 aromatic carbocycles. The molecule has 0 atom stereocenters. The molecule has 0 amide bonds. The van der Waals surface area contributed by atoms with Crippen LogP contribution in [0.1, 0.15) is 48.9 Å². The molecule has 0 radical (unpaired) electrons. The Hall–Kier alpha value is -2.59. The molecular formula is C26H23ClO4. The number of hydrogen-bond acceptors (Lipinski definition) is 4. The van der Waals surface area contributed by atoms with Crippen LogP contribution in [0.25, 0.3) is 22.1 Å². The van der Waals surface area contributed by atoms with Crippen molar-refractivity contribution < 1.29 is 13.9 Å². The maximum atomic E-state index is 13.1. The highest BCUT2D eigenvalue weighted by molar-refractivity contribution is 6.33. The first-order valence-electron chi connectivity index (χ1n) is 11.0. The van der Waals surface area contributed by atoms with E-state index in [0.717, 1.165) is 24.6 Å². The molecule has 1 aromatic heterocycles. The van der Waals surface area contributed by atoms with E-state index in [1.807, 2.05) is 18.2 Å². The maximum Gasteiger partial charge on any atom is 0.344 e. The average Bonchev–Trinajstić information content (AvgIpc) is 2.71. The minimum atomic E-state index is -0.432. The zero-order valence-electron chi connectivity index (χ0n) is 17.1. The normalized spacial score (nSPS) is 28.7. The van der Waals surface area contributed by atoms with E-state index in [9.17, 15) is 9.59 Å². The fourth-order valence-corrected chi connectivity index (χ4v) is 6.78. The number of ether oxygens (including phenoxy) is 1. The van der Waals surface area contributed by atoms with Gasteiger partial charge in [0.05, 0.1) is 16.1 Å². The average molecular weight is 435 g/mol. The molecule has 1 heterocycles. The van der Waals surface area contributed by atoms with Crippen LogP contribution in [0.2, 0.25) is 5.02 Å². The summed E-state index contributed by atoms with van der Waals surface area (Å²) in [5, 5.41) is 1.12. The lowest BCUT2D eigenvalue weighted by molar-refractivity contribution is -0.131. The number of esters is 1. The van der Waals surface area contributed by atoms with Crippen LogP contribution in [0.3, 0.4) is 0 Å². The first kappa shape index (κ1) is 19.1. The monoisotopic (exact) mass is 434 g/mol. The molecule has 4 aliphatic rings. The number of benzene rings is 2. The molecule has 0 spiro atoms. The fraction of sp³-hybridized carbons (Fsp3) is 0.385. The lowest BCUT2D eigenvalue weighted by atomic mass is 9.54. The van der Waals surface area contributed by atoms with Gasteiger partial charge in [-0.3, -0.25) is 0 Å². The van der Waals surface area contributed by atoms with Crippen molar-refractivity contribution in [3.8, 4) is 11.1 Å². The largest absolute Gasteiger partial charge is 0.455 e. The molecule has 4 saturated carbocycles. The van der Waals surface area contributed by atoms with E-state index in [2.05, 4.69) is 0 Å². The van der Waals surface area contributed by atoms with Crippen LogP contribution in [0.4, 0.5) is 0 Å². The molecule has 0 saturated heterocycles. The Morgan fingerprint density at radius 1 is 0.968 bits per heavy atom. The van der Waals surface area contributed by atoms with E-state index in [1.165, 1.54) is 19.3 Å². The van der Waals surface area contributed by atoms with Gasteiger partial charge in [-0.15, -0.1) is 0 Å². The SMILES string of the molecule is O=C(OC12CC3CC(CC(C3)C1)C2)c1ccc(-c2cc3ccccc3oc2=O)cc1Cl. The Bertz CT molecular complexity index is 1220. The van der Waals surface area contributed by atoms with Gasteiger partial charge in [-0.2, -0.15) is 0 Å². The number of carbonyl (C=O) groups excluding carboxylic acids is 1. The van der Waals surface area contributed by atoms with Gasteiger partial charge in [0.15, 0.2) is 0 Å². The highest BCUT2D eigenvalue weighted by atomic mass is 35.5. The molecule has 0 aliphatic heterocycles. The first-order chi connectivity index (χ1) is 15.0. The maximum absolute atomic E-state index is 13.1. The minimum absolute atomic E-state index is 0.291. The van der Waals surface area contributed by atoms with Crippen molar-refractivity contribution in [1.82, 2.24) is 0 Å². The summed E-state index contributed by atoms with van der Waals surface area (Å²) < 4.78 is 11.6. The van der Waals surface area contributed by atoms with Crippen LogP contribution in [0.15, 0.2) is 57.7 Å². The Balaban J connectivity index is 1.29. The number of hydrogen-bond donors (Lipinski definition) is 0. The van der Waals surface area contributed by atoms with Gasteiger partial charge in [-0.25, -0.2) is 9.59 Å². The van der Waals surface area contributed by atoms with Gasteiger partial charge in [-0.05, 0) is 86.1 Å². The van der Waals surface area contributed by atoms with Crippen LogP contribution in [0, 0.1) is 17.8 Å². The third-order valence-electron chi connectivity index (χ3n) is 7.43. The molecule has 4 bridgehead atoms. The quantitative estimate of drug-likeness (QED) is 0.361. The highest BCUT2D eigenvalue weighted by Gasteiger charge is 2.53. The molecule has 0 unspecified atom stereocenters. The zero-order chi connectivity index (χ0) is 21.2. The summed E-state index contributed by atoms with van der Waals surface area (Å²) >= 11 is 6.50. The Kier molecular flexibility index (Phi) is 4.29. The summed E-state index contributed by atoms with van der Waals surface area (Å²) in [4.78, 5) is 25.5. The molecule has 31 heavy (non-hydrogen) atoms. The standard InChI is InChI=1S/C26H23ClO4/c27-22-11-18(21-10-19-3-1-2-4-23(19)30-24(21)28)5-6-20(22)25(29)31-26-12-15-7-16(13-26)9-17(8-15)14-26/h1-6,10-11,15-17H,7-9,12-14H2. The third kappa shape index (κ3) is 3.28. The summed E-state index contributed by atoms with van der Waals surface area (Å²) in [6.07, 6.45) is 6.83. The molecule has 3 aromatic rings. The Labute approximate surface area is 185 Å². The fourth-order valence-electron chi connectivity index (χ4n) is 6.52. The third-order valence-corrected chi connectivity index (χ3v) is 7.75. The number of fused-ring (bicyclic) bond motifs is 1. The zero-order valence-corrected chi connectivity index (χ0v) is 17.9. The van der Waals surface area contributed by atoms with Gasteiger partial charge >= 0.3 is 11.6 Å². The van der Waals surface area contributed by atoms with Crippen LogP contribution in [-0.2, 0) is 4.74 Å². The summed E-state index contributed by atoms with van der Waals surface area (Å²) in [6, 6.07) is 14.2. The summed E-state index contributed by atoms with van der Waals surface area (Å²) in [5.41, 5.74) is 1.19. The van der Waals surface area contributed by atoms with E-state index >= 15 is 0 Å². The van der Waals surface area contributed by atoms with E-state index in [0.29, 0.717) is 45.0 Å². The van der Waals surface area contributed by atoms with Crippen molar-refractivity contribution >= 4 is 28.5 Å². The lowest BCUT2D eigenvalue weighted by Gasteiger charge is -2.55. The van der Waals surface area contributed by atoms with Gasteiger partial charge in [0.2, 0.25) is 0 Å². The molecule has 5 heteroatoms. The molecule has 4 aliphatic carbocycles. The van der Waals surface area contributed by atoms with Crippen LogP contribution in [-0.4, -0.2) is 11.6 Å². The number of rotatable bonds is 3. The second-order valence-electron chi connectivity index (χ2n) is 9.67. The van der Waals surface area contributed by atoms with Gasteiger partial charge in [0.1, 0.15) is 11.2 Å². The van der Waals surface area contributed by atoms with Crippen molar-refractivity contribution in [3.63, 3.8) is 0 Å². The van der Waals surface area contributed by atoms with Gasteiger partial charge < -0.3 is 9.15 Å². The highest BCUT2D eigenvalue weighted by Crippen LogP contribution is 2.57. The van der Waals surface area contributed by atoms with Crippen LogP contribution >= 0.6 is 11.6 Å². The minimum Gasteiger partial charge on any atom is -0.455 e. The second-order valence-corrected chi connectivity index (χ2v) is 10.1. The van der Waals surface area contributed by atoms with Crippen LogP contribution < -0.4 is 5.63 Å². The molecule has 158 valence electrons. The Morgan fingerprint density at radius 3 is 2.32 bits per heavy atom. The van der Waals surface area contributed by atoms with Crippen molar-refractivity contribution in [3.05, 3.63) is 69.5 Å².